The zero-order chi connectivity index (χ0) is 21.2. The molecule has 7 nitrogen and oxygen atoms in total. The van der Waals surface area contributed by atoms with Crippen molar-refractivity contribution in [2.24, 2.45) is 10.9 Å². The SMILES string of the molecule is CCNC(=NCC(c1ccccc1OC)N(C)C)N1CCC(CC(=O)NC)CC1.I. The van der Waals surface area contributed by atoms with Crippen LogP contribution in [0, 0.1) is 5.92 Å². The van der Waals surface area contributed by atoms with Crippen molar-refractivity contribution in [3.05, 3.63) is 29.8 Å². The molecule has 1 aliphatic heterocycles. The molecule has 1 unspecified atom stereocenters. The normalized spacial score (nSPS) is 16.1. The molecule has 1 aromatic carbocycles. The number of hydrogen-bond acceptors (Lipinski definition) is 4. The predicted octanol–water partition coefficient (Wildman–Crippen LogP) is 2.73. The lowest BCUT2D eigenvalue weighted by Crippen LogP contribution is -2.46. The van der Waals surface area contributed by atoms with Gasteiger partial charge in [-0.05, 0) is 45.8 Å². The predicted molar refractivity (Wildman–Crippen MR) is 134 cm³/mol. The number of methoxy groups -OCH3 is 1. The number of nitrogens with zero attached hydrogens (tertiary/aromatic N) is 3. The number of hydrogen-bond donors (Lipinski definition) is 2. The molecule has 8 heteroatoms. The van der Waals surface area contributed by atoms with Gasteiger partial charge in [0.1, 0.15) is 5.75 Å². The molecule has 170 valence electrons. The average molecular weight is 531 g/mol. The van der Waals surface area contributed by atoms with E-state index in [-0.39, 0.29) is 35.9 Å². The Bertz CT molecular complexity index is 675. The van der Waals surface area contributed by atoms with E-state index in [4.69, 9.17) is 9.73 Å². The highest BCUT2D eigenvalue weighted by Gasteiger charge is 2.24. The second-order valence-electron chi connectivity index (χ2n) is 7.72. The number of amides is 1. The minimum Gasteiger partial charge on any atom is -0.496 e. The molecule has 0 saturated carbocycles. The number of likely N-dealkylation sites (N-methyl/N-ethyl adjacent to an activating group) is 1. The van der Waals surface area contributed by atoms with E-state index in [1.165, 1.54) is 0 Å². The molecular weight excluding hydrogens is 493 g/mol. The summed E-state index contributed by atoms with van der Waals surface area (Å²) in [6.07, 6.45) is 2.65. The van der Waals surface area contributed by atoms with Crippen LogP contribution >= 0.6 is 24.0 Å². The lowest BCUT2D eigenvalue weighted by atomic mass is 9.93. The number of carbonyl (C=O) groups excluding carboxylic acids is 1. The molecule has 1 aromatic rings. The minimum atomic E-state index is 0. The smallest absolute Gasteiger partial charge is 0.220 e. The van der Waals surface area contributed by atoms with Crippen molar-refractivity contribution in [2.45, 2.75) is 32.2 Å². The maximum absolute atomic E-state index is 11.7. The van der Waals surface area contributed by atoms with Gasteiger partial charge in [-0.1, -0.05) is 18.2 Å². The summed E-state index contributed by atoms with van der Waals surface area (Å²) >= 11 is 0. The third kappa shape index (κ3) is 7.61. The fourth-order valence-corrected chi connectivity index (χ4v) is 3.79. The molecule has 1 fully saturated rings. The van der Waals surface area contributed by atoms with E-state index in [0.29, 0.717) is 18.9 Å². The molecule has 2 N–H and O–H groups in total. The van der Waals surface area contributed by atoms with E-state index in [1.54, 1.807) is 14.2 Å². The van der Waals surface area contributed by atoms with Gasteiger partial charge in [-0.25, -0.2) is 0 Å². The summed E-state index contributed by atoms with van der Waals surface area (Å²) in [5, 5.41) is 6.17. The van der Waals surface area contributed by atoms with E-state index < -0.39 is 0 Å². The van der Waals surface area contributed by atoms with Crippen molar-refractivity contribution in [3.8, 4) is 5.75 Å². The zero-order valence-electron chi connectivity index (χ0n) is 19.0. The first kappa shape index (κ1) is 26.5. The molecule has 1 aliphatic rings. The first-order valence-electron chi connectivity index (χ1n) is 10.5. The molecule has 30 heavy (non-hydrogen) atoms. The fraction of sp³-hybridized carbons (Fsp3) is 0.636. The van der Waals surface area contributed by atoms with E-state index in [9.17, 15) is 4.79 Å². The molecule has 1 heterocycles. The first-order chi connectivity index (χ1) is 14.0. The van der Waals surface area contributed by atoms with Gasteiger partial charge < -0.3 is 25.2 Å². The largest absolute Gasteiger partial charge is 0.496 e. The number of rotatable bonds is 8. The summed E-state index contributed by atoms with van der Waals surface area (Å²) in [4.78, 5) is 21.1. The Hall–Kier alpha value is -1.55. The van der Waals surface area contributed by atoms with Crippen LogP contribution in [0.2, 0.25) is 0 Å². The number of piperidine rings is 1. The number of benzene rings is 1. The van der Waals surface area contributed by atoms with Gasteiger partial charge in [0.05, 0.1) is 19.7 Å². The van der Waals surface area contributed by atoms with Gasteiger partial charge in [0.15, 0.2) is 5.96 Å². The molecule has 1 atom stereocenters. The second kappa shape index (κ2) is 13.7. The quantitative estimate of drug-likeness (QED) is 0.307. The average Bonchev–Trinajstić information content (AvgIpc) is 2.73. The van der Waals surface area contributed by atoms with Gasteiger partial charge in [0, 0.05) is 38.7 Å². The number of halogens is 1. The Kier molecular flexibility index (Phi) is 12.1. The number of nitrogens with one attached hydrogen (secondary N) is 2. The maximum Gasteiger partial charge on any atom is 0.220 e. The molecule has 2 rings (SSSR count). The number of ether oxygens (including phenoxy) is 1. The summed E-state index contributed by atoms with van der Waals surface area (Å²) in [6, 6.07) is 8.27. The Morgan fingerprint density at radius 1 is 1.30 bits per heavy atom. The summed E-state index contributed by atoms with van der Waals surface area (Å²) in [6.45, 7) is 5.42. The van der Waals surface area contributed by atoms with Crippen LogP contribution in [-0.2, 0) is 4.79 Å². The Morgan fingerprint density at radius 3 is 2.53 bits per heavy atom. The number of guanidine groups is 1. The highest BCUT2D eigenvalue weighted by atomic mass is 127. The molecule has 0 aliphatic carbocycles. The van der Waals surface area contributed by atoms with Crippen molar-refractivity contribution in [1.82, 2.24) is 20.4 Å². The molecule has 0 bridgehead atoms. The van der Waals surface area contributed by atoms with Crippen molar-refractivity contribution in [2.75, 3.05) is 54.4 Å². The number of likely N-dealkylation sites (tertiary alicyclic amines) is 1. The highest BCUT2D eigenvalue weighted by Crippen LogP contribution is 2.28. The van der Waals surface area contributed by atoms with E-state index in [2.05, 4.69) is 47.5 Å². The molecule has 1 saturated heterocycles. The van der Waals surface area contributed by atoms with Gasteiger partial charge in [0.2, 0.25) is 5.91 Å². The van der Waals surface area contributed by atoms with Crippen LogP contribution in [0.5, 0.6) is 5.75 Å². The molecule has 0 aromatic heterocycles. The Morgan fingerprint density at radius 2 is 1.97 bits per heavy atom. The monoisotopic (exact) mass is 531 g/mol. The van der Waals surface area contributed by atoms with Crippen LogP contribution in [0.1, 0.15) is 37.8 Å². The summed E-state index contributed by atoms with van der Waals surface area (Å²) < 4.78 is 5.57. The second-order valence-corrected chi connectivity index (χ2v) is 7.72. The van der Waals surface area contributed by atoms with E-state index in [1.807, 2.05) is 18.2 Å². The fourth-order valence-electron chi connectivity index (χ4n) is 3.79. The van der Waals surface area contributed by atoms with Crippen LogP contribution in [0.15, 0.2) is 29.3 Å². The zero-order valence-corrected chi connectivity index (χ0v) is 21.3. The van der Waals surface area contributed by atoms with Crippen molar-refractivity contribution in [3.63, 3.8) is 0 Å². The van der Waals surface area contributed by atoms with Crippen LogP contribution in [-0.4, -0.2) is 76.1 Å². The van der Waals surface area contributed by atoms with E-state index in [0.717, 1.165) is 49.7 Å². The van der Waals surface area contributed by atoms with Crippen molar-refractivity contribution >= 4 is 35.8 Å². The lowest BCUT2D eigenvalue weighted by Gasteiger charge is -2.34. The van der Waals surface area contributed by atoms with Crippen molar-refractivity contribution < 1.29 is 9.53 Å². The maximum atomic E-state index is 11.7. The third-order valence-corrected chi connectivity index (χ3v) is 5.54. The lowest BCUT2D eigenvalue weighted by molar-refractivity contribution is -0.121. The van der Waals surface area contributed by atoms with Crippen LogP contribution in [0.3, 0.4) is 0 Å². The Balaban J connectivity index is 0.00000450. The van der Waals surface area contributed by atoms with Gasteiger partial charge in [-0.3, -0.25) is 9.79 Å². The van der Waals surface area contributed by atoms with Gasteiger partial charge in [-0.15, -0.1) is 24.0 Å². The van der Waals surface area contributed by atoms with E-state index >= 15 is 0 Å². The van der Waals surface area contributed by atoms with Crippen LogP contribution in [0.4, 0.5) is 0 Å². The topological polar surface area (TPSA) is 69.2 Å². The molecule has 0 spiro atoms. The number of carbonyl (C=O) groups is 1. The first-order valence-corrected chi connectivity index (χ1v) is 10.5. The number of aliphatic imine (C=N–C) groups is 1. The number of para-hydroxylation sites is 1. The molecule has 1 amide bonds. The van der Waals surface area contributed by atoms with Crippen LogP contribution in [0.25, 0.3) is 0 Å². The highest BCUT2D eigenvalue weighted by molar-refractivity contribution is 14.0. The van der Waals surface area contributed by atoms with Gasteiger partial charge in [0.25, 0.3) is 0 Å². The summed E-state index contributed by atoms with van der Waals surface area (Å²) in [7, 11) is 7.56. The van der Waals surface area contributed by atoms with Gasteiger partial charge in [-0.2, -0.15) is 0 Å². The van der Waals surface area contributed by atoms with Gasteiger partial charge >= 0.3 is 0 Å². The third-order valence-electron chi connectivity index (χ3n) is 5.54. The molecular formula is C22H38IN5O2. The molecule has 0 radical (unpaired) electrons. The minimum absolute atomic E-state index is 0. The standard InChI is InChI=1S/C22H37N5O2.HI/c1-6-24-22(27-13-11-17(12-14-27)15-21(28)23-2)25-16-19(26(3)4)18-9-7-8-10-20(18)29-5;/h7-10,17,19H,6,11-16H2,1-5H3,(H,23,28)(H,24,25);1H. The van der Waals surface area contributed by atoms with Crippen LogP contribution < -0.4 is 15.4 Å². The van der Waals surface area contributed by atoms with Crippen molar-refractivity contribution in [1.29, 1.82) is 0 Å². The Labute approximate surface area is 198 Å². The summed E-state index contributed by atoms with van der Waals surface area (Å²) in [5.74, 6) is 2.43. The summed E-state index contributed by atoms with van der Waals surface area (Å²) in [5.41, 5.74) is 1.14.